The summed E-state index contributed by atoms with van der Waals surface area (Å²) >= 11 is 0. The molecule has 1 aliphatic rings. The number of aliphatic hydroxyl groups is 1. The molecule has 0 spiro atoms. The van der Waals surface area contributed by atoms with Gasteiger partial charge in [-0.1, -0.05) is 13.8 Å². The quantitative estimate of drug-likeness (QED) is 0.664. The molecule has 1 aromatic carbocycles. The zero-order chi connectivity index (χ0) is 14.2. The van der Waals surface area contributed by atoms with Crippen LogP contribution in [-0.2, 0) is 0 Å². The Morgan fingerprint density at radius 2 is 2.05 bits per heavy atom. The van der Waals surface area contributed by atoms with Crippen molar-refractivity contribution in [1.29, 1.82) is 0 Å². The summed E-state index contributed by atoms with van der Waals surface area (Å²) in [6.45, 7) is 4.89. The molecule has 1 heterocycles. The molecule has 0 radical (unpaired) electrons. The molecule has 1 saturated heterocycles. The molecule has 19 heavy (non-hydrogen) atoms. The summed E-state index contributed by atoms with van der Waals surface area (Å²) < 4.78 is 5.07. The summed E-state index contributed by atoms with van der Waals surface area (Å²) in [5.41, 5.74) is -0.0107. The fraction of sp³-hybridized carbons (Fsp3) is 0.538. The molecule has 0 aromatic heterocycles. The van der Waals surface area contributed by atoms with Crippen LogP contribution in [0.1, 0.15) is 13.8 Å². The predicted octanol–water partition coefficient (Wildman–Crippen LogP) is 1.81. The summed E-state index contributed by atoms with van der Waals surface area (Å²) in [7, 11) is 1.48. The highest BCUT2D eigenvalue weighted by atomic mass is 16.6. The van der Waals surface area contributed by atoms with Crippen molar-refractivity contribution in [3.63, 3.8) is 0 Å². The summed E-state index contributed by atoms with van der Waals surface area (Å²) in [6.07, 6.45) is 0. The highest BCUT2D eigenvalue weighted by Gasteiger charge is 2.44. The van der Waals surface area contributed by atoms with Gasteiger partial charge in [0.2, 0.25) is 0 Å². The van der Waals surface area contributed by atoms with Crippen molar-refractivity contribution in [2.75, 3.05) is 25.1 Å². The molecule has 2 rings (SSSR count). The lowest BCUT2D eigenvalue weighted by Crippen LogP contribution is -2.64. The number of rotatable bonds is 4. The number of nitrogens with zero attached hydrogens (tertiary/aromatic N) is 2. The van der Waals surface area contributed by atoms with E-state index in [9.17, 15) is 15.2 Å². The Morgan fingerprint density at radius 1 is 1.42 bits per heavy atom. The van der Waals surface area contributed by atoms with Gasteiger partial charge in [0.15, 0.2) is 0 Å². The molecule has 1 aromatic rings. The van der Waals surface area contributed by atoms with Gasteiger partial charge in [0.05, 0.1) is 18.1 Å². The minimum atomic E-state index is -0.710. The van der Waals surface area contributed by atoms with Gasteiger partial charge in [0.25, 0.3) is 5.69 Å². The maximum Gasteiger partial charge on any atom is 0.275 e. The summed E-state index contributed by atoms with van der Waals surface area (Å²) in [5, 5.41) is 21.1. The summed E-state index contributed by atoms with van der Waals surface area (Å²) in [4.78, 5) is 12.3. The van der Waals surface area contributed by atoms with Gasteiger partial charge in [-0.25, -0.2) is 0 Å². The first-order chi connectivity index (χ1) is 8.85. The first-order valence-electron chi connectivity index (χ1n) is 6.16. The number of methoxy groups -OCH3 is 1. The Kier molecular flexibility index (Phi) is 3.36. The number of hydrogen-bond donors (Lipinski definition) is 1. The van der Waals surface area contributed by atoms with Crippen LogP contribution in [0.15, 0.2) is 18.2 Å². The second-order valence-corrected chi connectivity index (χ2v) is 5.26. The van der Waals surface area contributed by atoms with Gasteiger partial charge >= 0.3 is 0 Å². The van der Waals surface area contributed by atoms with E-state index in [0.717, 1.165) is 0 Å². The number of hydrogen-bond acceptors (Lipinski definition) is 5. The molecular weight excluding hydrogens is 248 g/mol. The van der Waals surface area contributed by atoms with E-state index in [2.05, 4.69) is 0 Å². The number of nitro groups is 1. The van der Waals surface area contributed by atoms with Gasteiger partial charge in [-0.2, -0.15) is 0 Å². The molecule has 0 bridgehead atoms. The number of anilines is 1. The molecule has 0 atom stereocenters. The molecule has 1 aliphatic heterocycles. The van der Waals surface area contributed by atoms with Crippen LogP contribution in [-0.4, -0.2) is 35.8 Å². The van der Waals surface area contributed by atoms with Crippen LogP contribution in [0.5, 0.6) is 5.75 Å². The Hall–Kier alpha value is -1.82. The number of non-ortho nitro benzene ring substituents is 1. The number of β-amino-alcohol motifs (C(OH)–C–C–N with tert-alkyl or cyclic N) is 1. The minimum Gasteiger partial charge on any atom is -0.496 e. The standard InChI is InChI=1S/C13H18N2O4/c1-9(2)13(16)7-14(8-13)10-4-11(15(17)18)6-12(5-10)19-3/h4-6,9,16H,7-8H2,1-3H3. The van der Waals surface area contributed by atoms with Crippen molar-refractivity contribution in [2.24, 2.45) is 5.92 Å². The van der Waals surface area contributed by atoms with Crippen LogP contribution in [0.3, 0.4) is 0 Å². The van der Waals surface area contributed by atoms with Crippen molar-refractivity contribution in [2.45, 2.75) is 19.4 Å². The average molecular weight is 266 g/mol. The van der Waals surface area contributed by atoms with Crippen LogP contribution < -0.4 is 9.64 Å². The van der Waals surface area contributed by atoms with Crippen molar-refractivity contribution in [3.05, 3.63) is 28.3 Å². The zero-order valence-electron chi connectivity index (χ0n) is 11.3. The lowest BCUT2D eigenvalue weighted by molar-refractivity contribution is -0.384. The Morgan fingerprint density at radius 3 is 2.53 bits per heavy atom. The smallest absolute Gasteiger partial charge is 0.275 e. The van der Waals surface area contributed by atoms with Crippen LogP contribution in [0.25, 0.3) is 0 Å². The third-order valence-corrected chi connectivity index (χ3v) is 3.69. The van der Waals surface area contributed by atoms with E-state index in [-0.39, 0.29) is 11.6 Å². The summed E-state index contributed by atoms with van der Waals surface area (Å²) in [5.74, 6) is 0.605. The third-order valence-electron chi connectivity index (χ3n) is 3.69. The predicted molar refractivity (Wildman–Crippen MR) is 71.6 cm³/mol. The van der Waals surface area contributed by atoms with E-state index < -0.39 is 10.5 Å². The molecule has 1 N–H and O–H groups in total. The topological polar surface area (TPSA) is 75.8 Å². The normalized spacial score (nSPS) is 17.2. The highest BCUT2D eigenvalue weighted by molar-refractivity contribution is 5.60. The van der Waals surface area contributed by atoms with E-state index in [1.54, 1.807) is 6.07 Å². The average Bonchev–Trinajstić information content (AvgIpc) is 2.33. The lowest BCUT2D eigenvalue weighted by Gasteiger charge is -2.50. The second kappa shape index (κ2) is 4.70. The van der Waals surface area contributed by atoms with Gasteiger partial charge < -0.3 is 14.7 Å². The number of ether oxygens (including phenoxy) is 1. The zero-order valence-corrected chi connectivity index (χ0v) is 11.3. The van der Waals surface area contributed by atoms with E-state index in [1.807, 2.05) is 18.7 Å². The Balaban J connectivity index is 2.22. The van der Waals surface area contributed by atoms with E-state index in [4.69, 9.17) is 4.74 Å². The third kappa shape index (κ3) is 2.49. The van der Waals surface area contributed by atoms with Crippen LogP contribution in [0.2, 0.25) is 0 Å². The Bertz CT molecular complexity index is 495. The second-order valence-electron chi connectivity index (χ2n) is 5.26. The monoisotopic (exact) mass is 266 g/mol. The molecule has 0 aliphatic carbocycles. The van der Waals surface area contributed by atoms with Crippen molar-refractivity contribution >= 4 is 11.4 Å². The molecule has 6 heteroatoms. The first kappa shape index (κ1) is 13.6. The summed E-state index contributed by atoms with van der Waals surface area (Å²) in [6, 6.07) is 4.63. The minimum absolute atomic E-state index is 0.00524. The Labute approximate surface area is 111 Å². The molecule has 6 nitrogen and oxygen atoms in total. The van der Waals surface area contributed by atoms with Gasteiger partial charge in [0.1, 0.15) is 11.4 Å². The van der Waals surface area contributed by atoms with Gasteiger partial charge in [-0.3, -0.25) is 10.1 Å². The van der Waals surface area contributed by atoms with Crippen molar-refractivity contribution in [1.82, 2.24) is 0 Å². The molecule has 104 valence electrons. The number of nitro benzene ring substituents is 1. The molecule has 1 fully saturated rings. The molecular formula is C13H18N2O4. The van der Waals surface area contributed by atoms with Crippen LogP contribution >= 0.6 is 0 Å². The molecule has 0 unspecified atom stereocenters. The first-order valence-corrected chi connectivity index (χ1v) is 6.16. The molecule has 0 amide bonds. The van der Waals surface area contributed by atoms with Crippen LogP contribution in [0, 0.1) is 16.0 Å². The van der Waals surface area contributed by atoms with Gasteiger partial charge in [0, 0.05) is 30.9 Å². The molecule has 0 saturated carbocycles. The SMILES string of the molecule is COc1cc(N2CC(O)(C(C)C)C2)cc([N+](=O)[O-])c1. The van der Waals surface area contributed by atoms with Crippen molar-refractivity contribution in [3.8, 4) is 5.75 Å². The van der Waals surface area contributed by atoms with Crippen molar-refractivity contribution < 1.29 is 14.8 Å². The lowest BCUT2D eigenvalue weighted by atomic mass is 9.82. The van der Waals surface area contributed by atoms with E-state index in [1.165, 1.54) is 19.2 Å². The largest absolute Gasteiger partial charge is 0.496 e. The fourth-order valence-electron chi connectivity index (χ4n) is 2.14. The maximum absolute atomic E-state index is 10.9. The maximum atomic E-state index is 10.9. The number of benzene rings is 1. The highest BCUT2D eigenvalue weighted by Crippen LogP contribution is 2.36. The van der Waals surface area contributed by atoms with Gasteiger partial charge in [-0.15, -0.1) is 0 Å². The fourth-order valence-corrected chi connectivity index (χ4v) is 2.14. The van der Waals surface area contributed by atoms with E-state index >= 15 is 0 Å². The van der Waals surface area contributed by atoms with Gasteiger partial charge in [-0.05, 0) is 5.92 Å². The van der Waals surface area contributed by atoms with Crippen LogP contribution in [0.4, 0.5) is 11.4 Å². The van der Waals surface area contributed by atoms with E-state index in [0.29, 0.717) is 24.5 Å².